The zero-order valence-electron chi connectivity index (χ0n) is 11.3. The topological polar surface area (TPSA) is 20.3 Å². The van der Waals surface area contributed by atoms with Crippen LogP contribution in [-0.4, -0.2) is 30.1 Å². The van der Waals surface area contributed by atoms with E-state index in [1.165, 1.54) is 17.0 Å². The van der Waals surface area contributed by atoms with E-state index in [2.05, 4.69) is 0 Å². The van der Waals surface area contributed by atoms with Crippen LogP contribution in [-0.2, 0) is 11.0 Å². The molecule has 0 saturated carbocycles. The molecule has 0 spiro atoms. The fraction of sp³-hybridized carbons (Fsp3) is 0.500. The lowest BCUT2D eigenvalue weighted by Crippen LogP contribution is -2.48. The monoisotopic (exact) mass is 325 g/mol. The van der Waals surface area contributed by atoms with Crippen molar-refractivity contribution in [2.75, 3.05) is 13.1 Å². The van der Waals surface area contributed by atoms with Crippen LogP contribution < -0.4 is 0 Å². The predicted molar refractivity (Wildman–Crippen MR) is 66.1 cm³/mol. The van der Waals surface area contributed by atoms with Gasteiger partial charge in [-0.3, -0.25) is 4.79 Å². The van der Waals surface area contributed by atoms with Gasteiger partial charge in [0.1, 0.15) is 0 Å². The molecule has 0 aromatic heterocycles. The van der Waals surface area contributed by atoms with Crippen molar-refractivity contribution < 1.29 is 31.1 Å². The fourth-order valence-electron chi connectivity index (χ4n) is 2.24. The molecule has 22 heavy (non-hydrogen) atoms. The van der Waals surface area contributed by atoms with Gasteiger partial charge in [-0.2, -0.15) is 26.3 Å². The summed E-state index contributed by atoms with van der Waals surface area (Å²) in [6.07, 6.45) is -10.5. The van der Waals surface area contributed by atoms with E-state index in [9.17, 15) is 31.1 Å². The average molecular weight is 325 g/mol. The molecular weight excluding hydrogens is 312 g/mol. The molecule has 0 bridgehead atoms. The van der Waals surface area contributed by atoms with Crippen molar-refractivity contribution >= 4 is 5.91 Å². The third-order valence-electron chi connectivity index (χ3n) is 3.57. The largest absolute Gasteiger partial charge is 0.416 e. The molecule has 0 unspecified atom stereocenters. The summed E-state index contributed by atoms with van der Waals surface area (Å²) < 4.78 is 73.3. The lowest BCUT2D eigenvalue weighted by molar-refractivity contribution is -0.151. The van der Waals surface area contributed by atoms with E-state index in [4.69, 9.17) is 0 Å². The van der Waals surface area contributed by atoms with E-state index in [0.717, 1.165) is 12.1 Å². The highest BCUT2D eigenvalue weighted by Gasteiger charge is 2.35. The second kappa shape index (κ2) is 5.81. The third-order valence-corrected chi connectivity index (χ3v) is 3.57. The first-order valence-corrected chi connectivity index (χ1v) is 6.58. The fourth-order valence-corrected chi connectivity index (χ4v) is 2.24. The molecule has 1 aromatic rings. The molecule has 1 aliphatic heterocycles. The van der Waals surface area contributed by atoms with E-state index in [1.807, 2.05) is 0 Å². The third kappa shape index (κ3) is 4.14. The SMILES string of the molecule is O=C(CCC(F)(F)F)N1CC(c2ccc(C(F)(F)F)cc2)C1. The Bertz CT molecular complexity index is 528. The van der Waals surface area contributed by atoms with Gasteiger partial charge in [0.05, 0.1) is 12.0 Å². The first-order chi connectivity index (χ1) is 10.1. The van der Waals surface area contributed by atoms with Gasteiger partial charge < -0.3 is 4.90 Å². The number of benzene rings is 1. The van der Waals surface area contributed by atoms with E-state index in [-0.39, 0.29) is 19.0 Å². The van der Waals surface area contributed by atoms with Crippen molar-refractivity contribution in [3.63, 3.8) is 0 Å². The Morgan fingerprint density at radius 3 is 2.05 bits per heavy atom. The highest BCUT2D eigenvalue weighted by molar-refractivity contribution is 5.77. The van der Waals surface area contributed by atoms with Gasteiger partial charge in [0.25, 0.3) is 0 Å². The zero-order chi connectivity index (χ0) is 16.5. The maximum atomic E-state index is 12.4. The molecule has 1 heterocycles. The van der Waals surface area contributed by atoms with Gasteiger partial charge in [-0.1, -0.05) is 12.1 Å². The normalized spacial score (nSPS) is 16.5. The molecule has 2 rings (SSSR count). The van der Waals surface area contributed by atoms with Crippen molar-refractivity contribution in [3.05, 3.63) is 35.4 Å². The predicted octanol–water partition coefficient (Wildman–Crippen LogP) is 3.97. The van der Waals surface area contributed by atoms with E-state index >= 15 is 0 Å². The van der Waals surface area contributed by atoms with Crippen molar-refractivity contribution in [2.45, 2.75) is 31.1 Å². The van der Waals surface area contributed by atoms with Crippen molar-refractivity contribution in [3.8, 4) is 0 Å². The number of hydrogen-bond donors (Lipinski definition) is 0. The minimum Gasteiger partial charge on any atom is -0.341 e. The molecular formula is C14H13F6NO. The number of halogens is 6. The lowest BCUT2D eigenvalue weighted by Gasteiger charge is -2.39. The Kier molecular flexibility index (Phi) is 4.39. The first kappa shape index (κ1) is 16.6. The van der Waals surface area contributed by atoms with Crippen LogP contribution in [0.15, 0.2) is 24.3 Å². The maximum absolute atomic E-state index is 12.4. The van der Waals surface area contributed by atoms with Crippen LogP contribution in [0.2, 0.25) is 0 Å². The van der Waals surface area contributed by atoms with E-state index in [0.29, 0.717) is 5.56 Å². The molecule has 1 fully saturated rings. The van der Waals surface area contributed by atoms with E-state index in [1.54, 1.807) is 0 Å². The molecule has 0 atom stereocenters. The second-order valence-corrected chi connectivity index (χ2v) is 5.23. The number of rotatable bonds is 3. The molecule has 8 heteroatoms. The summed E-state index contributed by atoms with van der Waals surface area (Å²) in [6.45, 7) is 0.476. The molecule has 1 saturated heterocycles. The summed E-state index contributed by atoms with van der Waals surface area (Å²) in [5.74, 6) is -0.711. The van der Waals surface area contributed by atoms with Gasteiger partial charge in [0.2, 0.25) is 5.91 Å². The smallest absolute Gasteiger partial charge is 0.341 e. The van der Waals surface area contributed by atoms with Crippen molar-refractivity contribution in [1.82, 2.24) is 4.90 Å². The number of carbonyl (C=O) groups excluding carboxylic acids is 1. The Hall–Kier alpha value is -1.73. The molecule has 0 aliphatic carbocycles. The van der Waals surface area contributed by atoms with E-state index < -0.39 is 36.7 Å². The Morgan fingerprint density at radius 2 is 1.59 bits per heavy atom. The number of amides is 1. The maximum Gasteiger partial charge on any atom is 0.416 e. The zero-order valence-corrected chi connectivity index (χ0v) is 11.3. The summed E-state index contributed by atoms with van der Waals surface area (Å²) >= 11 is 0. The molecule has 0 radical (unpaired) electrons. The van der Waals surface area contributed by atoms with Gasteiger partial charge in [0, 0.05) is 25.4 Å². The van der Waals surface area contributed by atoms with Gasteiger partial charge in [-0.25, -0.2) is 0 Å². The standard InChI is InChI=1S/C14H13F6NO/c15-13(16,17)6-5-12(22)21-7-10(8-21)9-1-3-11(4-2-9)14(18,19)20/h1-4,10H,5-8H2. The summed E-state index contributed by atoms with van der Waals surface area (Å²) in [4.78, 5) is 12.8. The first-order valence-electron chi connectivity index (χ1n) is 6.58. The molecule has 122 valence electrons. The molecule has 1 aromatic carbocycles. The van der Waals surface area contributed by atoms with Crippen LogP contribution in [0.5, 0.6) is 0 Å². The number of likely N-dealkylation sites (tertiary alicyclic amines) is 1. The number of hydrogen-bond acceptors (Lipinski definition) is 1. The number of nitrogens with zero attached hydrogens (tertiary/aromatic N) is 1. The summed E-state index contributed by atoms with van der Waals surface area (Å²) in [5, 5.41) is 0. The summed E-state index contributed by atoms with van der Waals surface area (Å²) in [6, 6.07) is 4.60. The van der Waals surface area contributed by atoms with Crippen LogP contribution in [0, 0.1) is 0 Å². The minimum atomic E-state index is -4.41. The highest BCUT2D eigenvalue weighted by atomic mass is 19.4. The molecule has 0 N–H and O–H groups in total. The number of carbonyl (C=O) groups is 1. The van der Waals surface area contributed by atoms with Crippen molar-refractivity contribution in [1.29, 1.82) is 0 Å². The van der Waals surface area contributed by atoms with Crippen LogP contribution in [0.25, 0.3) is 0 Å². The van der Waals surface area contributed by atoms with Gasteiger partial charge >= 0.3 is 12.4 Å². The highest BCUT2D eigenvalue weighted by Crippen LogP contribution is 2.33. The number of alkyl halides is 6. The van der Waals surface area contributed by atoms with Gasteiger partial charge in [-0.05, 0) is 17.7 Å². The van der Waals surface area contributed by atoms with Crippen LogP contribution in [0.1, 0.15) is 29.9 Å². The Balaban J connectivity index is 1.85. The average Bonchev–Trinajstić information content (AvgIpc) is 2.33. The van der Waals surface area contributed by atoms with Crippen molar-refractivity contribution in [2.24, 2.45) is 0 Å². The van der Waals surface area contributed by atoms with Gasteiger partial charge in [-0.15, -0.1) is 0 Å². The molecule has 1 amide bonds. The summed E-state index contributed by atoms with van der Waals surface area (Å²) in [7, 11) is 0. The quantitative estimate of drug-likeness (QED) is 0.770. The Morgan fingerprint density at radius 1 is 1.05 bits per heavy atom. The van der Waals surface area contributed by atoms with Gasteiger partial charge in [0.15, 0.2) is 0 Å². The van der Waals surface area contributed by atoms with Crippen LogP contribution in [0.3, 0.4) is 0 Å². The van der Waals surface area contributed by atoms with Crippen LogP contribution >= 0.6 is 0 Å². The molecule has 1 aliphatic rings. The second-order valence-electron chi connectivity index (χ2n) is 5.23. The Labute approximate surface area is 122 Å². The lowest BCUT2D eigenvalue weighted by atomic mass is 9.90. The minimum absolute atomic E-state index is 0.128. The molecule has 2 nitrogen and oxygen atoms in total. The van der Waals surface area contributed by atoms with Crippen LogP contribution in [0.4, 0.5) is 26.3 Å². The summed E-state index contributed by atoms with van der Waals surface area (Å²) in [5.41, 5.74) is -0.110.